The van der Waals surface area contributed by atoms with Gasteiger partial charge in [0.2, 0.25) is 0 Å². The van der Waals surface area contributed by atoms with Crippen molar-refractivity contribution in [2.45, 2.75) is 19.3 Å². The second-order valence-electron chi connectivity index (χ2n) is 5.11. The average molecular weight is 187 g/mol. The van der Waals surface area contributed by atoms with Crippen molar-refractivity contribution < 1.29 is 0 Å². The molecule has 1 N–H and O–H groups in total. The molecular weight excluding hydrogens is 170 g/mol. The second-order valence-corrected chi connectivity index (χ2v) is 5.11. The summed E-state index contributed by atoms with van der Waals surface area (Å²) in [5.41, 5.74) is 2.14. The summed E-state index contributed by atoms with van der Waals surface area (Å²) in [6.45, 7) is 4.87. The summed E-state index contributed by atoms with van der Waals surface area (Å²) in [6, 6.07) is 11.0. The highest BCUT2D eigenvalue weighted by Gasteiger charge is 2.53. The van der Waals surface area contributed by atoms with Gasteiger partial charge in [-0.2, -0.15) is 0 Å². The Morgan fingerprint density at radius 2 is 2.07 bits per heavy atom. The SMILES string of the molecule is CC12CNCC1C(c1ccccc1)C2. The minimum Gasteiger partial charge on any atom is -0.316 e. The standard InChI is InChI=1S/C13H17N/c1-13-7-11(12(13)8-14-9-13)10-5-3-2-4-6-10/h2-6,11-12,14H,7-9H2,1H3. The molecule has 0 aromatic heterocycles. The predicted octanol–water partition coefficient (Wildman–Crippen LogP) is 2.40. The van der Waals surface area contributed by atoms with Gasteiger partial charge >= 0.3 is 0 Å². The molecule has 1 heterocycles. The van der Waals surface area contributed by atoms with Gasteiger partial charge in [0, 0.05) is 6.54 Å². The zero-order valence-electron chi connectivity index (χ0n) is 8.66. The molecule has 3 atom stereocenters. The van der Waals surface area contributed by atoms with Crippen molar-refractivity contribution in [1.82, 2.24) is 5.32 Å². The molecule has 1 heteroatoms. The van der Waals surface area contributed by atoms with E-state index in [1.54, 1.807) is 5.56 Å². The normalized spacial score (nSPS) is 40.4. The first-order chi connectivity index (χ1) is 6.80. The zero-order chi connectivity index (χ0) is 9.60. The maximum atomic E-state index is 3.52. The van der Waals surface area contributed by atoms with Gasteiger partial charge in [-0.3, -0.25) is 0 Å². The van der Waals surface area contributed by atoms with Crippen molar-refractivity contribution >= 4 is 0 Å². The molecule has 1 saturated heterocycles. The highest BCUT2D eigenvalue weighted by molar-refractivity contribution is 5.27. The van der Waals surface area contributed by atoms with Crippen molar-refractivity contribution in [1.29, 1.82) is 0 Å². The van der Waals surface area contributed by atoms with Gasteiger partial charge in [-0.1, -0.05) is 37.3 Å². The molecule has 74 valence electrons. The molecule has 1 aromatic carbocycles. The first-order valence-corrected chi connectivity index (χ1v) is 5.55. The number of hydrogen-bond acceptors (Lipinski definition) is 1. The Hall–Kier alpha value is -0.820. The van der Waals surface area contributed by atoms with Crippen LogP contribution in [-0.2, 0) is 0 Å². The van der Waals surface area contributed by atoms with Gasteiger partial charge in [-0.15, -0.1) is 0 Å². The van der Waals surface area contributed by atoms with Crippen molar-refractivity contribution in [3.05, 3.63) is 35.9 Å². The van der Waals surface area contributed by atoms with Crippen LogP contribution in [0.15, 0.2) is 30.3 Å². The lowest BCUT2D eigenvalue weighted by Gasteiger charge is -2.49. The number of rotatable bonds is 1. The average Bonchev–Trinajstić information content (AvgIpc) is 2.48. The molecule has 1 aliphatic heterocycles. The van der Waals surface area contributed by atoms with Crippen LogP contribution < -0.4 is 5.32 Å². The van der Waals surface area contributed by atoms with Gasteiger partial charge in [0.15, 0.2) is 0 Å². The van der Waals surface area contributed by atoms with Crippen LogP contribution in [0.4, 0.5) is 0 Å². The van der Waals surface area contributed by atoms with Crippen molar-refractivity contribution in [2.75, 3.05) is 13.1 Å². The Morgan fingerprint density at radius 3 is 2.79 bits per heavy atom. The predicted molar refractivity (Wildman–Crippen MR) is 58.3 cm³/mol. The summed E-state index contributed by atoms with van der Waals surface area (Å²) in [5.74, 6) is 1.70. The van der Waals surface area contributed by atoms with Crippen molar-refractivity contribution in [3.8, 4) is 0 Å². The molecule has 1 aromatic rings. The van der Waals surface area contributed by atoms with Gasteiger partial charge < -0.3 is 5.32 Å². The van der Waals surface area contributed by atoms with Gasteiger partial charge in [0.1, 0.15) is 0 Å². The van der Waals surface area contributed by atoms with E-state index in [1.807, 2.05) is 0 Å². The van der Waals surface area contributed by atoms with Crippen LogP contribution in [0.5, 0.6) is 0 Å². The van der Waals surface area contributed by atoms with E-state index in [2.05, 4.69) is 42.6 Å². The van der Waals surface area contributed by atoms with Crippen LogP contribution in [0.1, 0.15) is 24.8 Å². The zero-order valence-corrected chi connectivity index (χ0v) is 8.66. The quantitative estimate of drug-likeness (QED) is 0.712. The van der Waals surface area contributed by atoms with Crippen LogP contribution in [0, 0.1) is 11.3 Å². The Bertz CT molecular complexity index is 332. The Balaban J connectivity index is 1.84. The summed E-state index contributed by atoms with van der Waals surface area (Å²) in [5, 5.41) is 3.52. The summed E-state index contributed by atoms with van der Waals surface area (Å²) in [7, 11) is 0. The molecule has 1 aliphatic carbocycles. The lowest BCUT2D eigenvalue weighted by atomic mass is 9.54. The molecule has 3 rings (SSSR count). The molecular formula is C13H17N. The first-order valence-electron chi connectivity index (χ1n) is 5.55. The van der Waals surface area contributed by atoms with E-state index < -0.39 is 0 Å². The molecule has 1 nitrogen and oxygen atoms in total. The Morgan fingerprint density at radius 1 is 1.29 bits per heavy atom. The third-order valence-corrected chi connectivity index (χ3v) is 4.19. The minimum absolute atomic E-state index is 0.598. The van der Waals surface area contributed by atoms with Crippen LogP contribution in [0.25, 0.3) is 0 Å². The van der Waals surface area contributed by atoms with Crippen LogP contribution >= 0.6 is 0 Å². The molecule has 0 bridgehead atoms. The van der Waals surface area contributed by atoms with Gasteiger partial charge in [-0.25, -0.2) is 0 Å². The number of benzene rings is 1. The monoisotopic (exact) mass is 187 g/mol. The fraction of sp³-hybridized carbons (Fsp3) is 0.538. The summed E-state index contributed by atoms with van der Waals surface area (Å²) < 4.78 is 0. The molecule has 3 unspecified atom stereocenters. The van der Waals surface area contributed by atoms with E-state index in [4.69, 9.17) is 0 Å². The van der Waals surface area contributed by atoms with Crippen molar-refractivity contribution in [2.24, 2.45) is 11.3 Å². The first kappa shape index (κ1) is 8.49. The second kappa shape index (κ2) is 2.83. The van der Waals surface area contributed by atoms with Crippen LogP contribution in [-0.4, -0.2) is 13.1 Å². The fourth-order valence-electron chi connectivity index (χ4n) is 3.28. The summed E-state index contributed by atoms with van der Waals surface area (Å²) in [6.07, 6.45) is 1.37. The minimum atomic E-state index is 0.598. The number of hydrogen-bond donors (Lipinski definition) is 1. The third kappa shape index (κ3) is 1.05. The molecule has 14 heavy (non-hydrogen) atoms. The summed E-state index contributed by atoms with van der Waals surface area (Å²) >= 11 is 0. The molecule has 0 amide bonds. The number of nitrogens with one attached hydrogen (secondary N) is 1. The van der Waals surface area contributed by atoms with Gasteiger partial charge in [0.05, 0.1) is 0 Å². The maximum Gasteiger partial charge on any atom is 0.000886 e. The van der Waals surface area contributed by atoms with E-state index in [9.17, 15) is 0 Å². The third-order valence-electron chi connectivity index (χ3n) is 4.19. The highest BCUT2D eigenvalue weighted by atomic mass is 15.0. The summed E-state index contributed by atoms with van der Waals surface area (Å²) in [4.78, 5) is 0. The van der Waals surface area contributed by atoms with Crippen LogP contribution in [0.2, 0.25) is 0 Å². The lowest BCUT2D eigenvalue weighted by molar-refractivity contribution is 0.0729. The molecule has 0 spiro atoms. The van der Waals surface area contributed by atoms with Crippen molar-refractivity contribution in [3.63, 3.8) is 0 Å². The lowest BCUT2D eigenvalue weighted by Crippen LogP contribution is -2.43. The van der Waals surface area contributed by atoms with Gasteiger partial charge in [0.25, 0.3) is 0 Å². The van der Waals surface area contributed by atoms with E-state index in [1.165, 1.54) is 19.5 Å². The molecule has 2 aliphatic rings. The smallest absolute Gasteiger partial charge is 0.000886 e. The molecule has 0 radical (unpaired) electrons. The van der Waals surface area contributed by atoms with E-state index >= 15 is 0 Å². The van der Waals surface area contributed by atoms with E-state index in [0.717, 1.165) is 11.8 Å². The molecule has 1 saturated carbocycles. The number of fused-ring (bicyclic) bond motifs is 1. The molecule has 2 fully saturated rings. The maximum absolute atomic E-state index is 3.52. The topological polar surface area (TPSA) is 12.0 Å². The largest absolute Gasteiger partial charge is 0.316 e. The van der Waals surface area contributed by atoms with Crippen LogP contribution in [0.3, 0.4) is 0 Å². The van der Waals surface area contributed by atoms with E-state index in [0.29, 0.717) is 5.41 Å². The fourth-order valence-corrected chi connectivity index (χ4v) is 3.28. The highest BCUT2D eigenvalue weighted by Crippen LogP contribution is 2.57. The van der Waals surface area contributed by atoms with Gasteiger partial charge in [-0.05, 0) is 35.8 Å². The van der Waals surface area contributed by atoms with E-state index in [-0.39, 0.29) is 0 Å². The Labute approximate surface area is 85.5 Å². The Kier molecular flexibility index (Phi) is 1.72.